The first kappa shape index (κ1) is 30.2. The fourth-order valence-corrected chi connectivity index (χ4v) is 7.72. The molecule has 2 fully saturated rings. The SMILES string of the molecule is CCc1cc2c(cc1N1CCC(CC3CCN(C(=O)OC(C)(C)C)CC3)CC1)C(C)(C)c1[nH]c3cc(C#N)ccc3c1C2=O. The second-order valence-corrected chi connectivity index (χ2v) is 14.7. The van der Waals surface area contributed by atoms with E-state index in [9.17, 15) is 14.9 Å². The van der Waals surface area contributed by atoms with E-state index >= 15 is 0 Å². The summed E-state index contributed by atoms with van der Waals surface area (Å²) in [6, 6.07) is 12.2. The standard InChI is InChI=1S/C37H46N4O3/c1-7-26-20-28-29(37(5,6)34-32(33(28)42)27-9-8-25(22-38)19-30(27)39-34)21-31(26)40-14-10-23(11-15-40)18-24-12-16-41(17-13-24)35(43)44-36(2,3)4/h8-9,19-21,23-24,39H,7,10-18H2,1-6H3. The number of fused-ring (bicyclic) bond motifs is 4. The Bertz CT molecular complexity index is 1640. The van der Waals surface area contributed by atoms with Crippen LogP contribution in [-0.2, 0) is 16.6 Å². The van der Waals surface area contributed by atoms with Crippen molar-refractivity contribution >= 4 is 28.5 Å². The van der Waals surface area contributed by atoms with E-state index in [1.165, 1.54) is 30.5 Å². The predicted molar refractivity (Wildman–Crippen MR) is 174 cm³/mol. The fourth-order valence-electron chi connectivity index (χ4n) is 7.72. The molecule has 44 heavy (non-hydrogen) atoms. The van der Waals surface area contributed by atoms with Gasteiger partial charge in [-0.1, -0.05) is 26.8 Å². The Labute approximate surface area is 261 Å². The number of benzene rings is 2. The number of H-pyrrole nitrogens is 1. The van der Waals surface area contributed by atoms with Crippen LogP contribution in [0.1, 0.15) is 112 Å². The van der Waals surface area contributed by atoms with Gasteiger partial charge < -0.3 is 19.5 Å². The average Bonchev–Trinajstić information content (AvgIpc) is 3.39. The lowest BCUT2D eigenvalue weighted by molar-refractivity contribution is 0.0174. The van der Waals surface area contributed by atoms with Crippen molar-refractivity contribution in [3.8, 4) is 6.07 Å². The minimum absolute atomic E-state index is 0.0722. The summed E-state index contributed by atoms with van der Waals surface area (Å²) in [4.78, 5) is 34.4. The van der Waals surface area contributed by atoms with Crippen LogP contribution < -0.4 is 4.90 Å². The fraction of sp³-hybridized carbons (Fsp3) is 0.541. The molecule has 232 valence electrons. The second kappa shape index (κ2) is 11.3. The maximum Gasteiger partial charge on any atom is 0.410 e. The number of hydrogen-bond donors (Lipinski definition) is 1. The van der Waals surface area contributed by atoms with E-state index in [0.717, 1.165) is 78.7 Å². The molecule has 1 N–H and O–H groups in total. The van der Waals surface area contributed by atoms with E-state index in [4.69, 9.17) is 4.74 Å². The van der Waals surface area contributed by atoms with Gasteiger partial charge in [-0.2, -0.15) is 5.26 Å². The lowest BCUT2D eigenvalue weighted by Gasteiger charge is -2.39. The predicted octanol–water partition coefficient (Wildman–Crippen LogP) is 7.73. The molecule has 6 rings (SSSR count). The number of nitrogens with one attached hydrogen (secondary N) is 1. The zero-order chi connectivity index (χ0) is 31.4. The quantitative estimate of drug-likeness (QED) is 0.334. The summed E-state index contributed by atoms with van der Waals surface area (Å²) in [5.74, 6) is 1.45. The zero-order valence-corrected chi connectivity index (χ0v) is 27.2. The zero-order valence-electron chi connectivity index (χ0n) is 27.2. The van der Waals surface area contributed by atoms with E-state index in [-0.39, 0.29) is 17.3 Å². The summed E-state index contributed by atoms with van der Waals surface area (Å²) < 4.78 is 5.58. The molecule has 0 spiro atoms. The van der Waals surface area contributed by atoms with Gasteiger partial charge in [-0.05, 0) is 107 Å². The van der Waals surface area contributed by atoms with Crippen molar-refractivity contribution in [2.75, 3.05) is 31.1 Å². The Balaban J connectivity index is 1.15. The number of aryl methyl sites for hydroxylation is 1. The van der Waals surface area contributed by atoms with Crippen LogP contribution >= 0.6 is 0 Å². The molecule has 7 nitrogen and oxygen atoms in total. The summed E-state index contributed by atoms with van der Waals surface area (Å²) in [6.07, 6.45) is 6.38. The highest BCUT2D eigenvalue weighted by atomic mass is 16.6. The van der Waals surface area contributed by atoms with Gasteiger partial charge in [0.15, 0.2) is 5.78 Å². The molecular weight excluding hydrogens is 548 g/mol. The monoisotopic (exact) mass is 594 g/mol. The van der Waals surface area contributed by atoms with Crippen molar-refractivity contribution < 1.29 is 14.3 Å². The Morgan fingerprint density at radius 2 is 1.70 bits per heavy atom. The molecule has 1 amide bonds. The van der Waals surface area contributed by atoms with E-state index in [1.807, 2.05) is 37.8 Å². The lowest BCUT2D eigenvalue weighted by atomic mass is 9.70. The molecule has 3 aromatic rings. The van der Waals surface area contributed by atoms with Crippen LogP contribution in [0.15, 0.2) is 30.3 Å². The molecule has 1 aliphatic carbocycles. The number of likely N-dealkylation sites (tertiary alicyclic amines) is 1. The highest BCUT2D eigenvalue weighted by molar-refractivity contribution is 6.20. The minimum Gasteiger partial charge on any atom is -0.444 e. The highest BCUT2D eigenvalue weighted by Gasteiger charge is 2.41. The molecule has 0 saturated carbocycles. The van der Waals surface area contributed by atoms with Gasteiger partial charge >= 0.3 is 6.09 Å². The molecule has 2 saturated heterocycles. The normalized spacial score (nSPS) is 19.1. The number of nitrogens with zero attached hydrogens (tertiary/aromatic N) is 3. The topological polar surface area (TPSA) is 89.4 Å². The van der Waals surface area contributed by atoms with Crippen LogP contribution in [-0.4, -0.2) is 53.5 Å². The van der Waals surface area contributed by atoms with E-state index in [1.54, 1.807) is 6.07 Å². The van der Waals surface area contributed by atoms with Gasteiger partial charge in [-0.3, -0.25) is 4.79 Å². The number of carbonyl (C=O) groups excluding carboxylic acids is 2. The van der Waals surface area contributed by atoms with E-state index < -0.39 is 5.60 Å². The third-order valence-electron chi connectivity index (χ3n) is 10.2. The summed E-state index contributed by atoms with van der Waals surface area (Å²) in [5.41, 5.74) is 6.67. The van der Waals surface area contributed by atoms with Crippen LogP contribution in [0.5, 0.6) is 0 Å². The molecule has 0 atom stereocenters. The number of aromatic amines is 1. The molecule has 0 unspecified atom stereocenters. The molecular formula is C37H46N4O3. The third-order valence-corrected chi connectivity index (χ3v) is 10.2. The van der Waals surface area contributed by atoms with Gasteiger partial charge in [0.2, 0.25) is 0 Å². The van der Waals surface area contributed by atoms with Crippen LogP contribution in [0.2, 0.25) is 0 Å². The molecule has 1 aromatic heterocycles. The summed E-state index contributed by atoms with van der Waals surface area (Å²) in [5, 5.41) is 10.3. The van der Waals surface area contributed by atoms with Gasteiger partial charge in [0, 0.05) is 59.4 Å². The second-order valence-electron chi connectivity index (χ2n) is 14.7. The number of aromatic nitrogens is 1. The summed E-state index contributed by atoms with van der Waals surface area (Å²) >= 11 is 0. The Morgan fingerprint density at radius 3 is 2.32 bits per heavy atom. The number of anilines is 1. The summed E-state index contributed by atoms with van der Waals surface area (Å²) in [6.45, 7) is 16.0. The average molecular weight is 595 g/mol. The van der Waals surface area contributed by atoms with Crippen molar-refractivity contribution in [1.29, 1.82) is 5.26 Å². The number of rotatable bonds is 4. The van der Waals surface area contributed by atoms with Crippen molar-refractivity contribution in [2.45, 2.75) is 91.1 Å². The molecule has 3 aliphatic rings. The van der Waals surface area contributed by atoms with Gasteiger partial charge in [0.25, 0.3) is 0 Å². The first-order valence-corrected chi connectivity index (χ1v) is 16.4. The van der Waals surface area contributed by atoms with E-state index in [2.05, 4.69) is 48.9 Å². The van der Waals surface area contributed by atoms with Crippen molar-refractivity contribution in [1.82, 2.24) is 9.88 Å². The summed E-state index contributed by atoms with van der Waals surface area (Å²) in [7, 11) is 0. The Morgan fingerprint density at radius 1 is 1.05 bits per heavy atom. The van der Waals surface area contributed by atoms with Gasteiger partial charge in [-0.25, -0.2) is 4.79 Å². The first-order valence-electron chi connectivity index (χ1n) is 16.4. The number of nitriles is 1. The van der Waals surface area contributed by atoms with Crippen molar-refractivity contribution in [3.05, 3.63) is 63.8 Å². The number of ether oxygens (including phenoxy) is 1. The largest absolute Gasteiger partial charge is 0.444 e. The molecule has 0 bridgehead atoms. The third kappa shape index (κ3) is 5.49. The minimum atomic E-state index is -0.453. The molecule has 2 aromatic carbocycles. The Kier molecular flexibility index (Phi) is 7.76. The lowest BCUT2D eigenvalue weighted by Crippen LogP contribution is -2.42. The number of hydrogen-bond acceptors (Lipinski definition) is 5. The van der Waals surface area contributed by atoms with Crippen LogP contribution in [0.25, 0.3) is 10.9 Å². The van der Waals surface area contributed by atoms with Crippen LogP contribution in [0.3, 0.4) is 0 Å². The molecule has 7 heteroatoms. The Hall–Kier alpha value is -3.79. The van der Waals surface area contributed by atoms with Crippen molar-refractivity contribution in [2.24, 2.45) is 11.8 Å². The van der Waals surface area contributed by atoms with E-state index in [0.29, 0.717) is 17.4 Å². The molecule has 0 radical (unpaired) electrons. The van der Waals surface area contributed by atoms with Crippen molar-refractivity contribution in [3.63, 3.8) is 0 Å². The van der Waals surface area contributed by atoms with Gasteiger partial charge in [-0.15, -0.1) is 0 Å². The maximum atomic E-state index is 14.0. The van der Waals surface area contributed by atoms with Crippen LogP contribution in [0, 0.1) is 23.2 Å². The maximum absolute atomic E-state index is 14.0. The van der Waals surface area contributed by atoms with Crippen LogP contribution in [0.4, 0.5) is 10.5 Å². The number of piperidine rings is 2. The highest BCUT2D eigenvalue weighted by Crippen LogP contribution is 2.46. The molecule has 3 heterocycles. The smallest absolute Gasteiger partial charge is 0.410 e. The molecule has 2 aliphatic heterocycles. The number of amides is 1. The van der Waals surface area contributed by atoms with Gasteiger partial charge in [0.05, 0.1) is 17.2 Å². The first-order chi connectivity index (χ1) is 20.9. The number of carbonyl (C=O) groups is 2. The van der Waals surface area contributed by atoms with Gasteiger partial charge in [0.1, 0.15) is 5.60 Å². The number of ketones is 1.